The maximum atomic E-state index is 11.1. The minimum Gasteiger partial charge on any atom is -0.477 e. The van der Waals surface area contributed by atoms with Crippen LogP contribution >= 0.6 is 0 Å². The molecule has 1 heterocycles. The van der Waals surface area contributed by atoms with E-state index in [1.165, 1.54) is 33.3 Å². The van der Waals surface area contributed by atoms with Gasteiger partial charge >= 0.3 is 0 Å². The van der Waals surface area contributed by atoms with Gasteiger partial charge in [0.15, 0.2) is 0 Å². The molecular formula is C13H14N4O5. The molecule has 0 aliphatic rings. The van der Waals surface area contributed by atoms with Crippen LogP contribution in [0, 0.1) is 10.1 Å². The molecule has 1 N–H and O–H groups in total. The summed E-state index contributed by atoms with van der Waals surface area (Å²) in [5.74, 6) is 0.0296. The van der Waals surface area contributed by atoms with Crippen LogP contribution in [0.3, 0.4) is 0 Å². The molecule has 1 aromatic carbocycles. The van der Waals surface area contributed by atoms with Crippen molar-refractivity contribution >= 4 is 22.6 Å². The number of nitro groups is 1. The van der Waals surface area contributed by atoms with Crippen LogP contribution in [0.4, 0.5) is 5.69 Å². The number of fused-ring (bicyclic) bond motifs is 1. The molecule has 2 rings (SSSR count). The number of benzene rings is 1. The van der Waals surface area contributed by atoms with Gasteiger partial charge in [-0.25, -0.2) is 9.97 Å². The number of nitrogens with one attached hydrogen (secondary N) is 1. The maximum absolute atomic E-state index is 11.1. The van der Waals surface area contributed by atoms with Gasteiger partial charge < -0.3 is 14.8 Å². The van der Waals surface area contributed by atoms with Crippen LogP contribution < -0.4 is 14.8 Å². The number of ether oxygens (including phenoxy) is 2. The summed E-state index contributed by atoms with van der Waals surface area (Å²) in [4.78, 5) is 30.0. The second kappa shape index (κ2) is 6.20. The number of nitrogens with zero attached hydrogens (tertiary/aromatic N) is 3. The molecular weight excluding hydrogens is 292 g/mol. The molecule has 0 bridgehead atoms. The maximum Gasteiger partial charge on any atom is 0.278 e. The average molecular weight is 306 g/mol. The van der Waals surface area contributed by atoms with Gasteiger partial charge in [0.05, 0.1) is 24.7 Å². The molecule has 22 heavy (non-hydrogen) atoms. The number of carbonyl (C=O) groups is 1. The van der Waals surface area contributed by atoms with E-state index in [-0.39, 0.29) is 35.4 Å². The first kappa shape index (κ1) is 15.4. The van der Waals surface area contributed by atoms with Crippen molar-refractivity contribution in [1.82, 2.24) is 15.3 Å². The van der Waals surface area contributed by atoms with Gasteiger partial charge in [-0.2, -0.15) is 0 Å². The monoisotopic (exact) mass is 306 g/mol. The number of rotatable bonds is 5. The number of hydrogen-bond donors (Lipinski definition) is 1. The lowest BCUT2D eigenvalue weighted by Gasteiger charge is -2.10. The molecule has 0 fully saturated rings. The smallest absolute Gasteiger partial charge is 0.278 e. The first-order valence-corrected chi connectivity index (χ1v) is 6.27. The number of methoxy groups -OCH3 is 2. The standard InChI is InChI=1S/C13H14N4O5/c1-7(18)14-6-8-4-9(17(19)20)5-10-11(8)16-13(22-3)12(15-10)21-2/h4-5H,6H2,1-3H3,(H,14,18). The summed E-state index contributed by atoms with van der Waals surface area (Å²) in [7, 11) is 2.81. The van der Waals surface area contributed by atoms with E-state index in [1.54, 1.807) is 0 Å². The Kier molecular flexibility index (Phi) is 4.35. The number of hydrogen-bond acceptors (Lipinski definition) is 7. The third kappa shape index (κ3) is 3.03. The van der Waals surface area contributed by atoms with E-state index >= 15 is 0 Å². The van der Waals surface area contributed by atoms with E-state index in [9.17, 15) is 14.9 Å². The summed E-state index contributed by atoms with van der Waals surface area (Å²) >= 11 is 0. The Morgan fingerprint density at radius 2 is 1.91 bits per heavy atom. The summed E-state index contributed by atoms with van der Waals surface area (Å²) in [6.07, 6.45) is 0. The summed E-state index contributed by atoms with van der Waals surface area (Å²) < 4.78 is 10.1. The second-order valence-electron chi connectivity index (χ2n) is 4.38. The average Bonchev–Trinajstić information content (AvgIpc) is 2.50. The van der Waals surface area contributed by atoms with Crippen LogP contribution in [0.5, 0.6) is 11.8 Å². The van der Waals surface area contributed by atoms with Crippen molar-refractivity contribution in [2.45, 2.75) is 13.5 Å². The summed E-state index contributed by atoms with van der Waals surface area (Å²) in [5, 5.41) is 13.6. The van der Waals surface area contributed by atoms with E-state index in [2.05, 4.69) is 15.3 Å². The molecule has 0 saturated carbocycles. The predicted molar refractivity (Wildman–Crippen MR) is 76.8 cm³/mol. The number of amides is 1. The minimum absolute atomic E-state index is 0.0949. The van der Waals surface area contributed by atoms with E-state index in [4.69, 9.17) is 9.47 Å². The van der Waals surface area contributed by atoms with Gasteiger partial charge in [-0.15, -0.1) is 0 Å². The Hall–Kier alpha value is -2.97. The first-order valence-electron chi connectivity index (χ1n) is 6.27. The van der Waals surface area contributed by atoms with Crippen LogP contribution in [-0.2, 0) is 11.3 Å². The Balaban J connectivity index is 2.67. The minimum atomic E-state index is -0.533. The lowest BCUT2D eigenvalue weighted by atomic mass is 10.1. The largest absolute Gasteiger partial charge is 0.477 e. The molecule has 0 aliphatic heterocycles. The highest BCUT2D eigenvalue weighted by atomic mass is 16.6. The number of aromatic nitrogens is 2. The fourth-order valence-corrected chi connectivity index (χ4v) is 1.91. The molecule has 2 aromatic rings. The zero-order chi connectivity index (χ0) is 16.3. The SMILES string of the molecule is COc1nc2cc([N+](=O)[O-])cc(CNC(C)=O)c2nc1OC. The van der Waals surface area contributed by atoms with Gasteiger partial charge in [-0.3, -0.25) is 14.9 Å². The highest BCUT2D eigenvalue weighted by Crippen LogP contribution is 2.29. The lowest BCUT2D eigenvalue weighted by Crippen LogP contribution is -2.19. The Labute approximate surface area is 125 Å². The van der Waals surface area contributed by atoms with Gasteiger partial charge in [0.1, 0.15) is 5.52 Å². The highest BCUT2D eigenvalue weighted by Gasteiger charge is 2.17. The molecule has 0 spiro atoms. The molecule has 116 valence electrons. The fourth-order valence-electron chi connectivity index (χ4n) is 1.91. The van der Waals surface area contributed by atoms with Gasteiger partial charge in [-0.1, -0.05) is 0 Å². The Bertz CT molecular complexity index is 747. The fraction of sp³-hybridized carbons (Fsp3) is 0.308. The highest BCUT2D eigenvalue weighted by molar-refractivity contribution is 5.83. The number of nitro benzene ring substituents is 1. The molecule has 0 atom stereocenters. The molecule has 9 heteroatoms. The molecule has 0 aliphatic carbocycles. The first-order chi connectivity index (χ1) is 10.5. The third-order valence-electron chi connectivity index (χ3n) is 2.90. The van der Waals surface area contributed by atoms with Gasteiger partial charge in [0, 0.05) is 31.2 Å². The molecule has 1 amide bonds. The predicted octanol–water partition coefficient (Wildman–Crippen LogP) is 1.19. The molecule has 0 radical (unpaired) electrons. The van der Waals surface area contributed by atoms with Crippen LogP contribution in [0.2, 0.25) is 0 Å². The summed E-state index contributed by atoms with van der Waals surface area (Å²) in [6.45, 7) is 1.45. The third-order valence-corrected chi connectivity index (χ3v) is 2.90. The van der Waals surface area contributed by atoms with Crippen molar-refractivity contribution in [2.75, 3.05) is 14.2 Å². The van der Waals surface area contributed by atoms with E-state index in [1.807, 2.05) is 0 Å². The number of non-ortho nitro benzene ring substituents is 1. The van der Waals surface area contributed by atoms with Gasteiger partial charge in [0.2, 0.25) is 5.91 Å². The van der Waals surface area contributed by atoms with E-state index in [0.717, 1.165) is 0 Å². The zero-order valence-electron chi connectivity index (χ0n) is 12.2. The van der Waals surface area contributed by atoms with Crippen molar-refractivity contribution in [1.29, 1.82) is 0 Å². The van der Waals surface area contributed by atoms with Gasteiger partial charge in [0.25, 0.3) is 17.4 Å². The molecule has 0 saturated heterocycles. The van der Waals surface area contributed by atoms with Crippen molar-refractivity contribution in [3.8, 4) is 11.8 Å². The topological polar surface area (TPSA) is 116 Å². The Morgan fingerprint density at radius 3 is 2.45 bits per heavy atom. The van der Waals surface area contributed by atoms with Crippen molar-refractivity contribution in [3.63, 3.8) is 0 Å². The summed E-state index contributed by atoms with van der Waals surface area (Å²) in [6, 6.07) is 2.64. The second-order valence-corrected chi connectivity index (χ2v) is 4.38. The van der Waals surface area contributed by atoms with Crippen LogP contribution in [-0.4, -0.2) is 35.0 Å². The van der Waals surface area contributed by atoms with Crippen molar-refractivity contribution in [3.05, 3.63) is 27.8 Å². The van der Waals surface area contributed by atoms with Gasteiger partial charge in [-0.05, 0) is 0 Å². The van der Waals surface area contributed by atoms with Crippen LogP contribution in [0.15, 0.2) is 12.1 Å². The summed E-state index contributed by atoms with van der Waals surface area (Å²) in [5.41, 5.74) is 1.01. The van der Waals surface area contributed by atoms with Crippen LogP contribution in [0.1, 0.15) is 12.5 Å². The van der Waals surface area contributed by atoms with Crippen LogP contribution in [0.25, 0.3) is 11.0 Å². The van der Waals surface area contributed by atoms with E-state index < -0.39 is 4.92 Å². The quantitative estimate of drug-likeness (QED) is 0.651. The normalized spacial score (nSPS) is 10.3. The Morgan fingerprint density at radius 1 is 1.27 bits per heavy atom. The molecule has 9 nitrogen and oxygen atoms in total. The van der Waals surface area contributed by atoms with Crippen molar-refractivity contribution in [2.24, 2.45) is 0 Å². The molecule has 1 aromatic heterocycles. The van der Waals surface area contributed by atoms with E-state index in [0.29, 0.717) is 11.1 Å². The number of carbonyl (C=O) groups excluding carboxylic acids is 1. The van der Waals surface area contributed by atoms with Crippen molar-refractivity contribution < 1.29 is 19.2 Å². The lowest BCUT2D eigenvalue weighted by molar-refractivity contribution is -0.384. The molecule has 0 unspecified atom stereocenters. The zero-order valence-corrected chi connectivity index (χ0v) is 12.2.